The van der Waals surface area contributed by atoms with Crippen LogP contribution in [0.15, 0.2) is 12.1 Å². The summed E-state index contributed by atoms with van der Waals surface area (Å²) in [5, 5.41) is 12.4. The molecule has 0 aliphatic heterocycles. The second-order valence-electron chi connectivity index (χ2n) is 4.27. The third-order valence-electron chi connectivity index (χ3n) is 3.06. The van der Waals surface area contributed by atoms with Gasteiger partial charge in [0, 0.05) is 31.3 Å². The van der Waals surface area contributed by atoms with Gasteiger partial charge in [0.25, 0.3) is 0 Å². The average molecular weight is 250 g/mol. The van der Waals surface area contributed by atoms with E-state index < -0.39 is 0 Å². The highest BCUT2D eigenvalue weighted by Crippen LogP contribution is 2.30. The summed E-state index contributed by atoms with van der Waals surface area (Å²) in [4.78, 5) is 13.4. The molecule has 4 heteroatoms. The molecule has 0 bridgehead atoms. The SMILES string of the molecule is CCN(CC)c1ccc(C)c(NC(C)=O)c1CO. The minimum Gasteiger partial charge on any atom is -0.392 e. The van der Waals surface area contributed by atoms with Crippen LogP contribution in [0, 0.1) is 6.92 Å². The van der Waals surface area contributed by atoms with Crippen LogP contribution in [0.4, 0.5) is 11.4 Å². The molecular formula is C14H22N2O2. The number of rotatable bonds is 5. The molecule has 0 saturated carbocycles. The first-order valence-corrected chi connectivity index (χ1v) is 6.30. The van der Waals surface area contributed by atoms with Crippen molar-refractivity contribution < 1.29 is 9.90 Å². The highest BCUT2D eigenvalue weighted by atomic mass is 16.3. The van der Waals surface area contributed by atoms with Gasteiger partial charge in [0.1, 0.15) is 0 Å². The lowest BCUT2D eigenvalue weighted by Crippen LogP contribution is -2.24. The van der Waals surface area contributed by atoms with E-state index >= 15 is 0 Å². The Morgan fingerprint density at radius 3 is 2.39 bits per heavy atom. The average Bonchev–Trinajstić information content (AvgIpc) is 2.34. The standard InChI is InChI=1S/C14H22N2O2/c1-5-16(6-2)13-8-7-10(3)14(12(13)9-17)15-11(4)18/h7-8,17H,5-6,9H2,1-4H3,(H,15,18). The third kappa shape index (κ3) is 3.01. The quantitative estimate of drug-likeness (QED) is 0.843. The molecule has 0 saturated heterocycles. The molecule has 0 unspecified atom stereocenters. The van der Waals surface area contributed by atoms with Gasteiger partial charge in [0.2, 0.25) is 5.91 Å². The molecule has 1 amide bonds. The van der Waals surface area contributed by atoms with E-state index in [9.17, 15) is 9.90 Å². The van der Waals surface area contributed by atoms with Gasteiger partial charge in [-0.05, 0) is 32.4 Å². The summed E-state index contributed by atoms with van der Waals surface area (Å²) in [6.45, 7) is 9.20. The predicted molar refractivity (Wildman–Crippen MR) is 75.0 cm³/mol. The first kappa shape index (κ1) is 14.5. The molecule has 100 valence electrons. The first-order chi connectivity index (χ1) is 8.54. The Morgan fingerprint density at radius 2 is 1.94 bits per heavy atom. The van der Waals surface area contributed by atoms with Crippen molar-refractivity contribution in [2.45, 2.75) is 34.3 Å². The van der Waals surface area contributed by atoms with Gasteiger partial charge >= 0.3 is 0 Å². The minimum absolute atomic E-state index is 0.0802. The van der Waals surface area contributed by atoms with Crippen LogP contribution < -0.4 is 10.2 Å². The number of hydrogen-bond acceptors (Lipinski definition) is 3. The fourth-order valence-corrected chi connectivity index (χ4v) is 2.12. The van der Waals surface area contributed by atoms with Crippen LogP contribution in [0.5, 0.6) is 0 Å². The first-order valence-electron chi connectivity index (χ1n) is 6.30. The normalized spacial score (nSPS) is 10.3. The van der Waals surface area contributed by atoms with Crippen LogP contribution in [0.3, 0.4) is 0 Å². The fourth-order valence-electron chi connectivity index (χ4n) is 2.12. The number of nitrogens with zero attached hydrogens (tertiary/aromatic N) is 1. The maximum absolute atomic E-state index is 11.2. The van der Waals surface area contributed by atoms with Gasteiger partial charge in [-0.15, -0.1) is 0 Å². The topological polar surface area (TPSA) is 52.6 Å². The van der Waals surface area contributed by atoms with Gasteiger partial charge in [0.05, 0.1) is 12.3 Å². The molecule has 0 aliphatic rings. The zero-order valence-electron chi connectivity index (χ0n) is 11.6. The smallest absolute Gasteiger partial charge is 0.221 e. The Kier molecular flexibility index (Phi) is 5.16. The third-order valence-corrected chi connectivity index (χ3v) is 3.06. The Hall–Kier alpha value is -1.55. The molecular weight excluding hydrogens is 228 g/mol. The Labute approximate surface area is 109 Å². The molecule has 0 heterocycles. The fraction of sp³-hybridized carbons (Fsp3) is 0.500. The molecule has 0 atom stereocenters. The van der Waals surface area contributed by atoms with E-state index in [0.29, 0.717) is 0 Å². The van der Waals surface area contributed by atoms with Crippen molar-refractivity contribution in [2.24, 2.45) is 0 Å². The van der Waals surface area contributed by atoms with Crippen LogP contribution in [0.25, 0.3) is 0 Å². The molecule has 0 fully saturated rings. The Balaban J connectivity index is 3.32. The van der Waals surface area contributed by atoms with E-state index in [-0.39, 0.29) is 12.5 Å². The lowest BCUT2D eigenvalue weighted by molar-refractivity contribution is -0.114. The molecule has 18 heavy (non-hydrogen) atoms. The lowest BCUT2D eigenvalue weighted by atomic mass is 10.0. The second kappa shape index (κ2) is 6.40. The van der Waals surface area contributed by atoms with Gasteiger partial charge in [-0.1, -0.05) is 6.07 Å². The minimum atomic E-state index is -0.121. The van der Waals surface area contributed by atoms with E-state index in [1.54, 1.807) is 0 Å². The number of hydrogen-bond donors (Lipinski definition) is 2. The molecule has 2 N–H and O–H groups in total. The van der Waals surface area contributed by atoms with Crippen LogP contribution in [0.2, 0.25) is 0 Å². The van der Waals surface area contributed by atoms with Crippen LogP contribution in [-0.2, 0) is 11.4 Å². The summed E-state index contributed by atoms with van der Waals surface area (Å²) in [6.07, 6.45) is 0. The number of nitrogens with one attached hydrogen (secondary N) is 1. The van der Waals surface area contributed by atoms with Crippen LogP contribution in [-0.4, -0.2) is 24.1 Å². The number of aliphatic hydroxyl groups is 1. The monoisotopic (exact) mass is 250 g/mol. The largest absolute Gasteiger partial charge is 0.392 e. The molecule has 0 radical (unpaired) electrons. The van der Waals surface area contributed by atoms with E-state index in [1.807, 2.05) is 19.1 Å². The van der Waals surface area contributed by atoms with Crippen molar-refractivity contribution in [3.63, 3.8) is 0 Å². The van der Waals surface area contributed by atoms with Crippen molar-refractivity contribution in [3.8, 4) is 0 Å². The summed E-state index contributed by atoms with van der Waals surface area (Å²) >= 11 is 0. The van der Waals surface area contributed by atoms with Gasteiger partial charge in [-0.25, -0.2) is 0 Å². The van der Waals surface area contributed by atoms with E-state index in [4.69, 9.17) is 0 Å². The lowest BCUT2D eigenvalue weighted by Gasteiger charge is -2.26. The maximum atomic E-state index is 11.2. The van der Waals surface area contributed by atoms with Crippen molar-refractivity contribution in [1.82, 2.24) is 0 Å². The highest BCUT2D eigenvalue weighted by Gasteiger charge is 2.14. The highest BCUT2D eigenvalue weighted by molar-refractivity contribution is 5.91. The van der Waals surface area contributed by atoms with Crippen molar-refractivity contribution in [2.75, 3.05) is 23.3 Å². The number of carbonyl (C=O) groups is 1. The van der Waals surface area contributed by atoms with Crippen LogP contribution >= 0.6 is 0 Å². The maximum Gasteiger partial charge on any atom is 0.221 e. The Bertz CT molecular complexity index is 426. The molecule has 0 aromatic heterocycles. The molecule has 1 aromatic carbocycles. The van der Waals surface area contributed by atoms with E-state index in [2.05, 4.69) is 24.1 Å². The summed E-state index contributed by atoms with van der Waals surface area (Å²) in [6, 6.07) is 3.97. The van der Waals surface area contributed by atoms with Gasteiger partial charge in [0.15, 0.2) is 0 Å². The van der Waals surface area contributed by atoms with Crippen molar-refractivity contribution >= 4 is 17.3 Å². The number of anilines is 2. The number of amides is 1. The number of carbonyl (C=O) groups excluding carboxylic acids is 1. The van der Waals surface area contributed by atoms with Crippen LogP contribution in [0.1, 0.15) is 31.9 Å². The van der Waals surface area contributed by atoms with E-state index in [0.717, 1.165) is 35.6 Å². The predicted octanol–water partition coefficient (Wildman–Crippen LogP) is 2.29. The Morgan fingerprint density at radius 1 is 1.33 bits per heavy atom. The second-order valence-corrected chi connectivity index (χ2v) is 4.27. The summed E-state index contributed by atoms with van der Waals surface area (Å²) in [7, 11) is 0. The summed E-state index contributed by atoms with van der Waals surface area (Å²) < 4.78 is 0. The van der Waals surface area contributed by atoms with Crippen molar-refractivity contribution in [1.29, 1.82) is 0 Å². The molecule has 0 aliphatic carbocycles. The molecule has 1 aromatic rings. The molecule has 0 spiro atoms. The summed E-state index contributed by atoms with van der Waals surface area (Å²) in [5.41, 5.74) is 3.46. The zero-order valence-corrected chi connectivity index (χ0v) is 11.6. The van der Waals surface area contributed by atoms with Gasteiger partial charge in [-0.2, -0.15) is 0 Å². The van der Waals surface area contributed by atoms with E-state index in [1.165, 1.54) is 6.92 Å². The molecule has 1 rings (SSSR count). The number of aliphatic hydroxyl groups excluding tert-OH is 1. The summed E-state index contributed by atoms with van der Waals surface area (Å²) in [5.74, 6) is -0.121. The molecule has 4 nitrogen and oxygen atoms in total. The zero-order chi connectivity index (χ0) is 13.7. The van der Waals surface area contributed by atoms with Gasteiger partial charge in [-0.3, -0.25) is 4.79 Å². The van der Waals surface area contributed by atoms with Gasteiger partial charge < -0.3 is 15.3 Å². The number of benzene rings is 1. The van der Waals surface area contributed by atoms with Crippen molar-refractivity contribution in [3.05, 3.63) is 23.3 Å². The number of aryl methyl sites for hydroxylation is 1.